The van der Waals surface area contributed by atoms with Crippen LogP contribution in [0.25, 0.3) is 0 Å². The van der Waals surface area contributed by atoms with Gasteiger partial charge in [-0.15, -0.1) is 0 Å². The van der Waals surface area contributed by atoms with E-state index in [1.54, 1.807) is 6.07 Å². The fourth-order valence-electron chi connectivity index (χ4n) is 1.80. The van der Waals surface area contributed by atoms with Crippen LogP contribution < -0.4 is 11.1 Å². The Balaban J connectivity index is 2.18. The molecule has 2 rings (SSSR count). The first-order valence-corrected chi connectivity index (χ1v) is 6.00. The number of hydrogen-bond donors (Lipinski definition) is 2. The minimum absolute atomic E-state index is 0.0184. The van der Waals surface area contributed by atoms with Gasteiger partial charge in [0, 0.05) is 22.4 Å². The third kappa shape index (κ3) is 3.14. The molecular weight excluding hydrogens is 251 g/mol. The SMILES string of the molecule is CC(Nc1cc(N)cc(F)c1)c1cccc(Cl)c1. The molecule has 0 aliphatic heterocycles. The zero-order valence-corrected chi connectivity index (χ0v) is 10.7. The molecule has 0 fully saturated rings. The maximum Gasteiger partial charge on any atom is 0.127 e. The molecule has 2 aromatic carbocycles. The van der Waals surface area contributed by atoms with Crippen LogP contribution in [-0.4, -0.2) is 0 Å². The number of benzene rings is 2. The second-order valence-corrected chi connectivity index (χ2v) is 4.63. The Morgan fingerprint density at radius 1 is 1.22 bits per heavy atom. The Morgan fingerprint density at radius 3 is 2.67 bits per heavy atom. The van der Waals surface area contributed by atoms with Crippen LogP contribution >= 0.6 is 11.6 Å². The third-order valence-electron chi connectivity index (χ3n) is 2.65. The van der Waals surface area contributed by atoms with Crippen LogP contribution in [0.15, 0.2) is 42.5 Å². The molecule has 0 bridgehead atoms. The average Bonchev–Trinajstić information content (AvgIpc) is 2.27. The smallest absolute Gasteiger partial charge is 0.127 e. The quantitative estimate of drug-likeness (QED) is 0.814. The van der Waals surface area contributed by atoms with Crippen LogP contribution in [0.4, 0.5) is 15.8 Å². The maximum atomic E-state index is 13.2. The van der Waals surface area contributed by atoms with E-state index in [1.807, 2.05) is 31.2 Å². The van der Waals surface area contributed by atoms with Gasteiger partial charge in [0.25, 0.3) is 0 Å². The molecule has 0 aliphatic carbocycles. The summed E-state index contributed by atoms with van der Waals surface area (Å²) in [6.07, 6.45) is 0. The number of rotatable bonds is 3. The summed E-state index contributed by atoms with van der Waals surface area (Å²) in [5.41, 5.74) is 7.68. The highest BCUT2D eigenvalue weighted by Gasteiger charge is 2.07. The minimum atomic E-state index is -0.351. The second kappa shape index (κ2) is 5.27. The van der Waals surface area contributed by atoms with Gasteiger partial charge in [-0.3, -0.25) is 0 Å². The first kappa shape index (κ1) is 12.7. The summed E-state index contributed by atoms with van der Waals surface area (Å²) >= 11 is 5.93. The molecule has 2 nitrogen and oxygen atoms in total. The van der Waals surface area contributed by atoms with Crippen LogP contribution in [0, 0.1) is 5.82 Å². The highest BCUT2D eigenvalue weighted by atomic mass is 35.5. The van der Waals surface area contributed by atoms with Crippen LogP contribution in [-0.2, 0) is 0 Å². The second-order valence-electron chi connectivity index (χ2n) is 4.19. The van der Waals surface area contributed by atoms with E-state index in [9.17, 15) is 4.39 Å². The Hall–Kier alpha value is -1.74. The molecule has 0 spiro atoms. The van der Waals surface area contributed by atoms with Gasteiger partial charge in [-0.25, -0.2) is 4.39 Å². The summed E-state index contributed by atoms with van der Waals surface area (Å²) in [5, 5.41) is 3.87. The molecule has 1 atom stereocenters. The molecule has 0 aromatic heterocycles. The van der Waals surface area contributed by atoms with Crippen LogP contribution in [0.3, 0.4) is 0 Å². The third-order valence-corrected chi connectivity index (χ3v) is 2.89. The molecule has 0 saturated heterocycles. The Kier molecular flexibility index (Phi) is 3.72. The van der Waals surface area contributed by atoms with E-state index in [1.165, 1.54) is 12.1 Å². The van der Waals surface area contributed by atoms with Gasteiger partial charge >= 0.3 is 0 Å². The Bertz CT molecular complexity index is 537. The van der Waals surface area contributed by atoms with Gasteiger partial charge in [0.2, 0.25) is 0 Å². The highest BCUT2D eigenvalue weighted by molar-refractivity contribution is 6.30. The standard InChI is InChI=1S/C14H14ClFN2/c1-9(10-3-2-4-11(15)5-10)18-14-7-12(16)6-13(17)8-14/h2-9,18H,17H2,1H3. The first-order chi connectivity index (χ1) is 8.54. The lowest BCUT2D eigenvalue weighted by Gasteiger charge is -2.16. The minimum Gasteiger partial charge on any atom is -0.399 e. The van der Waals surface area contributed by atoms with Crippen molar-refractivity contribution in [2.45, 2.75) is 13.0 Å². The lowest BCUT2D eigenvalue weighted by atomic mass is 10.1. The first-order valence-electron chi connectivity index (χ1n) is 5.62. The van der Waals surface area contributed by atoms with E-state index in [2.05, 4.69) is 5.32 Å². The van der Waals surface area contributed by atoms with Crippen molar-refractivity contribution in [3.05, 3.63) is 58.9 Å². The summed E-state index contributed by atoms with van der Waals surface area (Å²) in [4.78, 5) is 0. The van der Waals surface area contributed by atoms with E-state index in [4.69, 9.17) is 17.3 Å². The van der Waals surface area contributed by atoms with Crippen molar-refractivity contribution in [1.29, 1.82) is 0 Å². The Morgan fingerprint density at radius 2 is 2.00 bits per heavy atom. The molecule has 18 heavy (non-hydrogen) atoms. The van der Waals surface area contributed by atoms with Crippen LogP contribution in [0.5, 0.6) is 0 Å². The zero-order valence-electron chi connectivity index (χ0n) is 9.95. The fourth-order valence-corrected chi connectivity index (χ4v) is 2.00. The average molecular weight is 265 g/mol. The number of halogens is 2. The van der Waals surface area contributed by atoms with Gasteiger partial charge < -0.3 is 11.1 Å². The van der Waals surface area contributed by atoms with Crippen LogP contribution in [0.2, 0.25) is 5.02 Å². The molecular formula is C14H14ClFN2. The molecule has 4 heteroatoms. The molecule has 1 unspecified atom stereocenters. The molecule has 94 valence electrons. The van der Waals surface area contributed by atoms with Crippen molar-refractivity contribution < 1.29 is 4.39 Å². The van der Waals surface area contributed by atoms with Crippen LogP contribution in [0.1, 0.15) is 18.5 Å². The number of anilines is 2. The number of nitrogens with two attached hydrogens (primary N) is 1. The molecule has 3 N–H and O–H groups in total. The molecule has 2 aromatic rings. The van der Waals surface area contributed by atoms with Crippen molar-refractivity contribution in [3.8, 4) is 0 Å². The number of nitrogens with one attached hydrogen (secondary N) is 1. The van der Waals surface area contributed by atoms with E-state index >= 15 is 0 Å². The topological polar surface area (TPSA) is 38.0 Å². The van der Waals surface area contributed by atoms with Crippen molar-refractivity contribution in [2.75, 3.05) is 11.1 Å². The number of hydrogen-bond acceptors (Lipinski definition) is 2. The summed E-state index contributed by atoms with van der Waals surface area (Å²) in [6, 6.07) is 12.0. The van der Waals surface area contributed by atoms with E-state index in [0.717, 1.165) is 5.56 Å². The van der Waals surface area contributed by atoms with Gasteiger partial charge in [0.05, 0.1) is 0 Å². The van der Waals surface area contributed by atoms with Gasteiger partial charge in [-0.2, -0.15) is 0 Å². The van der Waals surface area contributed by atoms with Crippen molar-refractivity contribution in [3.63, 3.8) is 0 Å². The summed E-state index contributed by atoms with van der Waals surface area (Å²) in [6.45, 7) is 1.98. The predicted molar refractivity (Wildman–Crippen MR) is 74.3 cm³/mol. The lowest BCUT2D eigenvalue weighted by Crippen LogP contribution is -2.07. The van der Waals surface area contributed by atoms with E-state index < -0.39 is 0 Å². The van der Waals surface area contributed by atoms with Gasteiger partial charge in [0.15, 0.2) is 0 Å². The van der Waals surface area contributed by atoms with Gasteiger partial charge in [-0.1, -0.05) is 23.7 Å². The molecule has 0 amide bonds. The Labute approximate surface area is 111 Å². The normalized spacial score (nSPS) is 12.2. The summed E-state index contributed by atoms with van der Waals surface area (Å²) in [5.74, 6) is -0.351. The highest BCUT2D eigenvalue weighted by Crippen LogP contribution is 2.23. The fraction of sp³-hybridized carbons (Fsp3) is 0.143. The van der Waals surface area contributed by atoms with E-state index in [0.29, 0.717) is 16.4 Å². The van der Waals surface area contributed by atoms with Crippen molar-refractivity contribution in [1.82, 2.24) is 0 Å². The van der Waals surface area contributed by atoms with Crippen molar-refractivity contribution in [2.24, 2.45) is 0 Å². The van der Waals surface area contributed by atoms with E-state index in [-0.39, 0.29) is 11.9 Å². The maximum absolute atomic E-state index is 13.2. The monoisotopic (exact) mass is 264 g/mol. The van der Waals surface area contributed by atoms with Crippen molar-refractivity contribution >= 4 is 23.0 Å². The van der Waals surface area contributed by atoms with Gasteiger partial charge in [-0.05, 0) is 42.8 Å². The zero-order chi connectivity index (χ0) is 13.1. The lowest BCUT2D eigenvalue weighted by molar-refractivity contribution is 0.628. The largest absolute Gasteiger partial charge is 0.399 e. The molecule has 0 heterocycles. The van der Waals surface area contributed by atoms with Gasteiger partial charge in [0.1, 0.15) is 5.82 Å². The predicted octanol–water partition coefficient (Wildman–Crippen LogP) is 4.23. The molecule has 0 aliphatic rings. The number of nitrogen functional groups attached to an aromatic ring is 1. The summed E-state index contributed by atoms with van der Waals surface area (Å²) < 4.78 is 13.2. The molecule has 0 saturated carbocycles. The molecule has 0 radical (unpaired) electrons. The summed E-state index contributed by atoms with van der Waals surface area (Å²) in [7, 11) is 0.